The van der Waals surface area contributed by atoms with Gasteiger partial charge in [0.2, 0.25) is 0 Å². The number of hydrogen-bond donors (Lipinski definition) is 0. The molecule has 1 fully saturated rings. The van der Waals surface area contributed by atoms with Crippen LogP contribution in [0.3, 0.4) is 0 Å². The second-order valence-corrected chi connectivity index (χ2v) is 7.55. The highest BCUT2D eigenvalue weighted by atomic mass is 16.1. The van der Waals surface area contributed by atoms with Gasteiger partial charge in [0, 0.05) is 66.5 Å². The molecule has 0 amide bonds. The van der Waals surface area contributed by atoms with E-state index in [0.29, 0.717) is 0 Å². The number of piperidine rings is 1. The SMILES string of the molecule is Cn1c2ccncc2c2ccc(-c3ccc(N4CCC(C=O)CC4)nc3)cc21. The predicted molar refractivity (Wildman–Crippen MR) is 112 cm³/mol. The Morgan fingerprint density at radius 1 is 0.964 bits per heavy atom. The second-order valence-electron chi connectivity index (χ2n) is 7.55. The Labute approximate surface area is 163 Å². The first kappa shape index (κ1) is 16.9. The van der Waals surface area contributed by atoms with Gasteiger partial charge in [-0.1, -0.05) is 12.1 Å². The van der Waals surface area contributed by atoms with Gasteiger partial charge in [0.15, 0.2) is 0 Å². The maximum absolute atomic E-state index is 10.9. The van der Waals surface area contributed by atoms with Crippen molar-refractivity contribution >= 4 is 33.9 Å². The zero-order valence-corrected chi connectivity index (χ0v) is 15.9. The maximum atomic E-state index is 10.9. The number of nitrogens with zero attached hydrogens (tertiary/aromatic N) is 4. The molecule has 1 saturated heterocycles. The van der Waals surface area contributed by atoms with Crippen LogP contribution in [-0.2, 0) is 11.8 Å². The highest BCUT2D eigenvalue weighted by Crippen LogP contribution is 2.31. The lowest BCUT2D eigenvalue weighted by atomic mass is 9.98. The van der Waals surface area contributed by atoms with E-state index in [1.54, 1.807) is 0 Å². The molecule has 5 heteroatoms. The van der Waals surface area contributed by atoms with E-state index < -0.39 is 0 Å². The fourth-order valence-electron chi connectivity index (χ4n) is 4.24. The number of aromatic nitrogens is 3. The van der Waals surface area contributed by atoms with Crippen molar-refractivity contribution in [2.24, 2.45) is 13.0 Å². The monoisotopic (exact) mass is 370 g/mol. The van der Waals surface area contributed by atoms with Gasteiger partial charge in [0.05, 0.1) is 5.52 Å². The van der Waals surface area contributed by atoms with Gasteiger partial charge in [-0.05, 0) is 42.7 Å². The smallest absolute Gasteiger partial charge is 0.128 e. The van der Waals surface area contributed by atoms with Crippen molar-refractivity contribution in [2.75, 3.05) is 18.0 Å². The molecule has 5 rings (SSSR count). The molecule has 0 aliphatic carbocycles. The van der Waals surface area contributed by atoms with Gasteiger partial charge < -0.3 is 14.3 Å². The van der Waals surface area contributed by atoms with Crippen LogP contribution < -0.4 is 4.90 Å². The summed E-state index contributed by atoms with van der Waals surface area (Å²) in [4.78, 5) is 22.2. The molecule has 0 N–H and O–H groups in total. The number of fused-ring (bicyclic) bond motifs is 3. The lowest BCUT2D eigenvalue weighted by molar-refractivity contribution is -0.111. The summed E-state index contributed by atoms with van der Waals surface area (Å²) >= 11 is 0. The zero-order valence-electron chi connectivity index (χ0n) is 15.9. The molecule has 0 unspecified atom stereocenters. The molecule has 1 aliphatic heterocycles. The molecule has 1 aliphatic rings. The normalized spacial score (nSPS) is 15.4. The average Bonchev–Trinajstić information content (AvgIpc) is 3.06. The fourth-order valence-corrected chi connectivity index (χ4v) is 4.24. The third kappa shape index (κ3) is 2.74. The standard InChI is InChI=1S/C23H22N4O/c1-26-21-6-9-24-14-20(21)19-4-2-17(12-22(19)26)18-3-5-23(25-13-18)27-10-7-16(15-28)8-11-27/h2-6,9,12-16H,7-8,10-11H2,1H3. The highest BCUT2D eigenvalue weighted by Gasteiger charge is 2.19. The van der Waals surface area contributed by atoms with E-state index in [9.17, 15) is 4.79 Å². The van der Waals surface area contributed by atoms with Gasteiger partial charge in [-0.15, -0.1) is 0 Å². The number of carbonyl (C=O) groups is 1. The lowest BCUT2D eigenvalue weighted by Crippen LogP contribution is -2.34. The first-order valence-corrected chi connectivity index (χ1v) is 9.73. The molecule has 4 heterocycles. The molecule has 1 aromatic carbocycles. The van der Waals surface area contributed by atoms with Gasteiger partial charge >= 0.3 is 0 Å². The minimum atomic E-state index is 0.207. The Kier molecular flexibility index (Phi) is 4.08. The van der Waals surface area contributed by atoms with E-state index in [1.807, 2.05) is 18.6 Å². The summed E-state index contributed by atoms with van der Waals surface area (Å²) in [6.45, 7) is 1.79. The summed E-state index contributed by atoms with van der Waals surface area (Å²) in [6.07, 6.45) is 8.64. The van der Waals surface area contributed by atoms with Crippen LogP contribution in [0, 0.1) is 5.92 Å². The number of aryl methyl sites for hydroxylation is 1. The van der Waals surface area contributed by atoms with Gasteiger partial charge in [0.1, 0.15) is 12.1 Å². The Morgan fingerprint density at radius 3 is 2.54 bits per heavy atom. The first-order valence-electron chi connectivity index (χ1n) is 9.73. The first-order chi connectivity index (χ1) is 13.7. The Bertz CT molecular complexity index is 1150. The minimum absolute atomic E-state index is 0.207. The van der Waals surface area contributed by atoms with Gasteiger partial charge in [-0.2, -0.15) is 0 Å². The third-order valence-corrected chi connectivity index (χ3v) is 5.95. The van der Waals surface area contributed by atoms with Crippen molar-refractivity contribution < 1.29 is 4.79 Å². The summed E-state index contributed by atoms with van der Waals surface area (Å²) in [7, 11) is 2.10. The van der Waals surface area contributed by atoms with E-state index in [4.69, 9.17) is 4.98 Å². The van der Waals surface area contributed by atoms with Crippen molar-refractivity contribution in [1.29, 1.82) is 0 Å². The molecule has 3 aromatic heterocycles. The molecular weight excluding hydrogens is 348 g/mol. The quantitative estimate of drug-likeness (QED) is 0.507. The van der Waals surface area contributed by atoms with E-state index in [1.165, 1.54) is 21.8 Å². The highest BCUT2D eigenvalue weighted by molar-refractivity contribution is 6.08. The number of rotatable bonds is 3. The van der Waals surface area contributed by atoms with Crippen LogP contribution >= 0.6 is 0 Å². The molecular formula is C23H22N4O. The summed E-state index contributed by atoms with van der Waals surface area (Å²) in [5.74, 6) is 1.20. The van der Waals surface area contributed by atoms with E-state index in [0.717, 1.165) is 49.2 Å². The molecule has 0 atom stereocenters. The summed E-state index contributed by atoms with van der Waals surface area (Å²) in [5.41, 5.74) is 4.65. The van der Waals surface area contributed by atoms with Gasteiger partial charge in [-0.3, -0.25) is 4.98 Å². The molecule has 4 aromatic rings. The molecule has 140 valence electrons. The number of pyridine rings is 2. The number of aldehydes is 1. The largest absolute Gasteiger partial charge is 0.357 e. The molecule has 0 bridgehead atoms. The van der Waals surface area contributed by atoms with E-state index in [-0.39, 0.29) is 5.92 Å². The van der Waals surface area contributed by atoms with Crippen molar-refractivity contribution in [2.45, 2.75) is 12.8 Å². The van der Waals surface area contributed by atoms with Crippen LogP contribution in [0.5, 0.6) is 0 Å². The average molecular weight is 370 g/mol. The summed E-state index contributed by atoms with van der Waals surface area (Å²) in [5, 5.41) is 2.40. The summed E-state index contributed by atoms with van der Waals surface area (Å²) < 4.78 is 2.22. The Hall–Kier alpha value is -3.21. The predicted octanol–water partition coefficient (Wildman–Crippen LogP) is 4.20. The van der Waals surface area contributed by atoms with Crippen molar-refractivity contribution in [3.05, 3.63) is 55.0 Å². The Balaban J connectivity index is 1.46. The molecule has 0 spiro atoms. The van der Waals surface area contributed by atoms with Gasteiger partial charge in [0.25, 0.3) is 0 Å². The van der Waals surface area contributed by atoms with E-state index >= 15 is 0 Å². The van der Waals surface area contributed by atoms with Crippen molar-refractivity contribution in [3.8, 4) is 11.1 Å². The molecule has 0 saturated carbocycles. The Morgan fingerprint density at radius 2 is 1.79 bits per heavy atom. The molecule has 28 heavy (non-hydrogen) atoms. The third-order valence-electron chi connectivity index (χ3n) is 5.95. The van der Waals surface area contributed by atoms with Crippen LogP contribution in [0.2, 0.25) is 0 Å². The van der Waals surface area contributed by atoms with Crippen LogP contribution in [0.4, 0.5) is 5.82 Å². The van der Waals surface area contributed by atoms with E-state index in [2.05, 4.69) is 57.9 Å². The van der Waals surface area contributed by atoms with Crippen LogP contribution in [0.25, 0.3) is 32.9 Å². The number of anilines is 1. The van der Waals surface area contributed by atoms with Crippen molar-refractivity contribution in [3.63, 3.8) is 0 Å². The maximum Gasteiger partial charge on any atom is 0.128 e. The molecule has 5 nitrogen and oxygen atoms in total. The summed E-state index contributed by atoms with van der Waals surface area (Å²) in [6, 6.07) is 12.8. The topological polar surface area (TPSA) is 51.0 Å². The van der Waals surface area contributed by atoms with Crippen LogP contribution in [-0.4, -0.2) is 33.9 Å². The van der Waals surface area contributed by atoms with Crippen LogP contribution in [0.1, 0.15) is 12.8 Å². The fraction of sp³-hybridized carbons (Fsp3) is 0.261. The van der Waals surface area contributed by atoms with Crippen LogP contribution in [0.15, 0.2) is 55.0 Å². The number of carbonyl (C=O) groups excluding carboxylic acids is 1. The molecule has 0 radical (unpaired) electrons. The zero-order chi connectivity index (χ0) is 19.1. The van der Waals surface area contributed by atoms with Crippen molar-refractivity contribution in [1.82, 2.24) is 14.5 Å². The number of benzene rings is 1. The van der Waals surface area contributed by atoms with Gasteiger partial charge in [-0.25, -0.2) is 4.98 Å². The second kappa shape index (κ2) is 6.75. The minimum Gasteiger partial charge on any atom is -0.357 e. The lowest BCUT2D eigenvalue weighted by Gasteiger charge is -2.30. The number of hydrogen-bond acceptors (Lipinski definition) is 4.